The number of nitrogens with zero attached hydrogens (tertiary/aromatic N) is 1. The normalized spacial score (nSPS) is 30.7. The molecule has 1 N–H and O–H groups in total. The first-order valence-electron chi connectivity index (χ1n) is 4.84. The molecule has 80 valence electrons. The van der Waals surface area contributed by atoms with Crippen molar-refractivity contribution >= 4 is 15.9 Å². The van der Waals surface area contributed by atoms with Crippen molar-refractivity contribution in [2.24, 2.45) is 0 Å². The van der Waals surface area contributed by atoms with Gasteiger partial charge in [0.15, 0.2) is 9.84 Å². The van der Waals surface area contributed by atoms with Gasteiger partial charge in [-0.2, -0.15) is 0 Å². The molecule has 0 aromatic rings. The number of amides is 2. The monoisotopic (exact) mass is 218 g/mol. The summed E-state index contributed by atoms with van der Waals surface area (Å²) in [6.07, 6.45) is 1.44. The van der Waals surface area contributed by atoms with E-state index < -0.39 is 9.84 Å². The summed E-state index contributed by atoms with van der Waals surface area (Å²) in [4.78, 5) is 12.8. The molecule has 2 rings (SSSR count). The number of rotatable bonds is 2. The molecule has 2 amide bonds. The second-order valence-electron chi connectivity index (χ2n) is 3.81. The Labute approximate surface area is 83.4 Å². The molecular weight excluding hydrogens is 204 g/mol. The molecule has 0 saturated carbocycles. The fraction of sp³-hybridized carbons (Fsp3) is 0.875. The van der Waals surface area contributed by atoms with Gasteiger partial charge in [0, 0.05) is 19.6 Å². The van der Waals surface area contributed by atoms with E-state index in [1.807, 2.05) is 0 Å². The van der Waals surface area contributed by atoms with Crippen LogP contribution in [-0.4, -0.2) is 50.0 Å². The van der Waals surface area contributed by atoms with Crippen LogP contribution < -0.4 is 5.32 Å². The van der Waals surface area contributed by atoms with Crippen LogP contribution in [0.4, 0.5) is 4.79 Å². The van der Waals surface area contributed by atoms with Crippen LogP contribution in [0.2, 0.25) is 0 Å². The Morgan fingerprint density at radius 1 is 1.50 bits per heavy atom. The molecule has 2 saturated heterocycles. The Morgan fingerprint density at radius 3 is 2.79 bits per heavy atom. The maximum absolute atomic E-state index is 11.5. The molecule has 0 aromatic heterocycles. The Kier molecular flexibility index (Phi) is 2.38. The van der Waals surface area contributed by atoms with E-state index in [0.29, 0.717) is 26.1 Å². The lowest BCUT2D eigenvalue weighted by Gasteiger charge is -2.18. The van der Waals surface area contributed by atoms with E-state index in [0.717, 1.165) is 6.42 Å². The van der Waals surface area contributed by atoms with Gasteiger partial charge in [-0.1, -0.05) is 0 Å². The SMILES string of the molecule is O=C1NCCN1CC1CCCS1(=O)=O. The van der Waals surface area contributed by atoms with E-state index in [2.05, 4.69) is 5.32 Å². The Bertz CT molecular complexity index is 338. The molecule has 0 aliphatic carbocycles. The van der Waals surface area contributed by atoms with Gasteiger partial charge >= 0.3 is 6.03 Å². The van der Waals surface area contributed by atoms with E-state index in [1.54, 1.807) is 4.90 Å². The zero-order chi connectivity index (χ0) is 10.2. The summed E-state index contributed by atoms with van der Waals surface area (Å²) < 4.78 is 23.0. The molecule has 0 bridgehead atoms. The van der Waals surface area contributed by atoms with Crippen molar-refractivity contribution in [1.82, 2.24) is 10.2 Å². The summed E-state index contributed by atoms with van der Waals surface area (Å²) in [6.45, 7) is 1.63. The highest BCUT2D eigenvalue weighted by atomic mass is 32.2. The van der Waals surface area contributed by atoms with Crippen molar-refractivity contribution in [2.75, 3.05) is 25.4 Å². The van der Waals surface area contributed by atoms with Gasteiger partial charge in [-0.05, 0) is 12.8 Å². The summed E-state index contributed by atoms with van der Waals surface area (Å²) in [5.41, 5.74) is 0. The lowest BCUT2D eigenvalue weighted by Crippen LogP contribution is -2.37. The largest absolute Gasteiger partial charge is 0.336 e. The second kappa shape index (κ2) is 3.42. The number of carbonyl (C=O) groups excluding carboxylic acids is 1. The molecule has 1 atom stereocenters. The van der Waals surface area contributed by atoms with Crippen LogP contribution in [0.3, 0.4) is 0 Å². The van der Waals surface area contributed by atoms with Crippen LogP contribution in [0, 0.1) is 0 Å². The molecule has 2 aliphatic rings. The van der Waals surface area contributed by atoms with Crippen molar-refractivity contribution in [1.29, 1.82) is 0 Å². The third-order valence-electron chi connectivity index (χ3n) is 2.83. The molecule has 1 unspecified atom stereocenters. The maximum Gasteiger partial charge on any atom is 0.317 e. The lowest BCUT2D eigenvalue weighted by atomic mass is 10.2. The first-order chi connectivity index (χ1) is 6.59. The van der Waals surface area contributed by atoms with E-state index in [4.69, 9.17) is 0 Å². The van der Waals surface area contributed by atoms with Crippen molar-refractivity contribution in [3.05, 3.63) is 0 Å². The highest BCUT2D eigenvalue weighted by molar-refractivity contribution is 7.92. The van der Waals surface area contributed by atoms with Gasteiger partial charge in [0.05, 0.1) is 11.0 Å². The highest BCUT2D eigenvalue weighted by Crippen LogP contribution is 2.21. The van der Waals surface area contributed by atoms with Gasteiger partial charge < -0.3 is 10.2 Å². The minimum atomic E-state index is -2.92. The van der Waals surface area contributed by atoms with Crippen molar-refractivity contribution in [3.8, 4) is 0 Å². The fourth-order valence-corrected chi connectivity index (χ4v) is 3.83. The molecule has 14 heavy (non-hydrogen) atoms. The number of urea groups is 1. The molecule has 2 fully saturated rings. The van der Waals surface area contributed by atoms with Crippen molar-refractivity contribution in [2.45, 2.75) is 18.1 Å². The number of sulfone groups is 1. The van der Waals surface area contributed by atoms with Gasteiger partial charge in [-0.15, -0.1) is 0 Å². The van der Waals surface area contributed by atoms with Gasteiger partial charge in [-0.25, -0.2) is 13.2 Å². The summed E-state index contributed by atoms with van der Waals surface area (Å²) in [5.74, 6) is 0.285. The number of nitrogens with one attached hydrogen (secondary N) is 1. The third-order valence-corrected chi connectivity index (χ3v) is 5.09. The third kappa shape index (κ3) is 1.70. The van der Waals surface area contributed by atoms with E-state index in [9.17, 15) is 13.2 Å². The predicted molar refractivity (Wildman–Crippen MR) is 51.8 cm³/mol. The summed E-state index contributed by atoms with van der Waals surface area (Å²) >= 11 is 0. The van der Waals surface area contributed by atoms with Crippen LogP contribution in [-0.2, 0) is 9.84 Å². The molecule has 0 radical (unpaired) electrons. The van der Waals surface area contributed by atoms with Gasteiger partial charge in [0.25, 0.3) is 0 Å². The second-order valence-corrected chi connectivity index (χ2v) is 6.21. The van der Waals surface area contributed by atoms with Gasteiger partial charge in [0.1, 0.15) is 0 Å². The molecule has 0 spiro atoms. The lowest BCUT2D eigenvalue weighted by molar-refractivity contribution is 0.217. The maximum atomic E-state index is 11.5. The minimum Gasteiger partial charge on any atom is -0.336 e. The van der Waals surface area contributed by atoms with E-state index in [1.165, 1.54) is 0 Å². The van der Waals surface area contributed by atoms with Crippen molar-refractivity contribution < 1.29 is 13.2 Å². The smallest absolute Gasteiger partial charge is 0.317 e. The Morgan fingerprint density at radius 2 is 2.29 bits per heavy atom. The molecule has 0 aromatic carbocycles. The summed E-state index contributed by atoms with van der Waals surface area (Å²) in [7, 11) is -2.92. The van der Waals surface area contributed by atoms with Crippen LogP contribution in [0.15, 0.2) is 0 Å². The number of carbonyl (C=O) groups is 1. The predicted octanol–water partition coefficient (Wildman–Crippen LogP) is -0.411. The zero-order valence-electron chi connectivity index (χ0n) is 7.90. The number of hydrogen-bond acceptors (Lipinski definition) is 3. The molecular formula is C8H14N2O3S. The summed E-state index contributed by atoms with van der Waals surface area (Å²) in [5, 5.41) is 2.34. The first-order valence-corrected chi connectivity index (χ1v) is 6.55. The van der Waals surface area contributed by atoms with E-state index >= 15 is 0 Å². The fourth-order valence-electron chi connectivity index (χ4n) is 1.99. The van der Waals surface area contributed by atoms with Crippen LogP contribution in [0.1, 0.15) is 12.8 Å². The molecule has 2 aliphatic heterocycles. The summed E-state index contributed by atoms with van der Waals surface area (Å²) in [6, 6.07) is -0.132. The quantitative estimate of drug-likeness (QED) is 0.685. The van der Waals surface area contributed by atoms with Crippen LogP contribution >= 0.6 is 0 Å². The molecule has 2 heterocycles. The highest BCUT2D eigenvalue weighted by Gasteiger charge is 2.34. The zero-order valence-corrected chi connectivity index (χ0v) is 8.72. The molecule has 5 nitrogen and oxygen atoms in total. The van der Waals surface area contributed by atoms with Crippen molar-refractivity contribution in [3.63, 3.8) is 0 Å². The standard InChI is InChI=1S/C8H14N2O3S/c11-8-9-3-4-10(8)6-7-2-1-5-14(7,12)13/h7H,1-6H2,(H,9,11). The number of hydrogen-bond donors (Lipinski definition) is 1. The van der Waals surface area contributed by atoms with E-state index in [-0.39, 0.29) is 17.0 Å². The van der Waals surface area contributed by atoms with Gasteiger partial charge in [0.2, 0.25) is 0 Å². The average molecular weight is 218 g/mol. The average Bonchev–Trinajstić information content (AvgIpc) is 2.62. The Balaban J connectivity index is 2.01. The topological polar surface area (TPSA) is 66.5 Å². The minimum absolute atomic E-state index is 0.132. The van der Waals surface area contributed by atoms with Crippen LogP contribution in [0.5, 0.6) is 0 Å². The van der Waals surface area contributed by atoms with Gasteiger partial charge in [-0.3, -0.25) is 0 Å². The Hall–Kier alpha value is -0.780. The molecule has 6 heteroatoms. The first kappa shape index (κ1) is 9.76. The van der Waals surface area contributed by atoms with Crippen LogP contribution in [0.25, 0.3) is 0 Å².